The van der Waals surface area contributed by atoms with Crippen LogP contribution in [-0.2, 0) is 43.6 Å². The second-order valence-corrected chi connectivity index (χ2v) is 26.4. The van der Waals surface area contributed by atoms with Gasteiger partial charge in [0, 0.05) is 26.4 Å². The first-order valence-corrected chi connectivity index (χ1v) is 37.6. The Hall–Kier alpha value is -6.26. The van der Waals surface area contributed by atoms with Crippen molar-refractivity contribution >= 4 is 156 Å². The van der Waals surface area contributed by atoms with Crippen LogP contribution in [0, 0.1) is 0 Å². The fourth-order valence-corrected chi connectivity index (χ4v) is 10.4. The van der Waals surface area contributed by atoms with E-state index in [1.807, 2.05) is 246 Å². The van der Waals surface area contributed by atoms with Gasteiger partial charge in [-0.15, -0.1) is 0 Å². The molecule has 0 saturated carbocycles. The van der Waals surface area contributed by atoms with Gasteiger partial charge in [0.05, 0.1) is 91.1 Å². The molecule has 0 aliphatic heterocycles. The van der Waals surface area contributed by atoms with Crippen LogP contribution in [0.25, 0.3) is 91.1 Å². The number of rotatable bonds is 12. The summed E-state index contributed by atoms with van der Waals surface area (Å²) in [6.45, 7) is 11.3. The van der Waals surface area contributed by atoms with Crippen molar-refractivity contribution < 1.29 is 113 Å². The first-order chi connectivity index (χ1) is 51.7. The van der Waals surface area contributed by atoms with Crippen LogP contribution in [0.1, 0.15) is 27.7 Å². The molecule has 112 heavy (non-hydrogen) atoms. The molecule has 0 unspecified atom stereocenters. The zero-order chi connectivity index (χ0) is 82.0. The number of pyridine rings is 12. The van der Waals surface area contributed by atoms with Crippen molar-refractivity contribution in [2.45, 2.75) is 27.7 Å². The third kappa shape index (κ3) is 48.8. The standard InChI is InChI=1S/4C15H9Br2N3.2C4H10O.4BF4.2Fe/c4*16-14-8-2-6-12(19-14)10-4-1-5-11(18-10)13-7-3-9-15(17)20-13;2*1-3-5-4-2;4*2-1(3,4)5;;/h4*1-9H;2*3-4H2,1-2H3;;;;;;/q;;;;;;4*-1;2*+2. The average Bonchev–Trinajstić information content (AvgIpc) is 0.846. The van der Waals surface area contributed by atoms with Crippen LogP contribution in [0.2, 0.25) is 0 Å². The minimum absolute atomic E-state index is 0. The van der Waals surface area contributed by atoms with Gasteiger partial charge in [-0.3, -0.25) is 0 Å². The Kier molecular flexibility index (Phi) is 50.5. The van der Waals surface area contributed by atoms with E-state index in [1.165, 1.54) is 0 Å². The van der Waals surface area contributed by atoms with Crippen LogP contribution in [0.4, 0.5) is 69.1 Å². The van der Waals surface area contributed by atoms with Crippen LogP contribution >= 0.6 is 127 Å². The molecule has 0 radical (unpaired) electrons. The zero-order valence-electron chi connectivity index (χ0n) is 57.9. The number of nitrogens with zero attached hydrogens (tertiary/aromatic N) is 12. The number of hydrogen-bond donors (Lipinski definition) is 0. The van der Waals surface area contributed by atoms with E-state index >= 15 is 0 Å². The summed E-state index contributed by atoms with van der Waals surface area (Å²) in [6, 6.07) is 69.5. The van der Waals surface area contributed by atoms with Crippen molar-refractivity contribution in [1.29, 1.82) is 0 Å². The van der Waals surface area contributed by atoms with Crippen molar-refractivity contribution in [2.24, 2.45) is 0 Å². The van der Waals surface area contributed by atoms with Crippen LogP contribution < -0.4 is 0 Å². The molecule has 0 aliphatic rings. The molecular formula is C68H56B4Br8F16Fe2N12O2. The third-order valence-electron chi connectivity index (χ3n) is 11.6. The van der Waals surface area contributed by atoms with Crippen LogP contribution in [0.5, 0.6) is 0 Å². The topological polar surface area (TPSA) is 173 Å². The molecule has 0 N–H and O–H groups in total. The molecule has 0 fully saturated rings. The predicted molar refractivity (Wildman–Crippen MR) is 429 cm³/mol. The predicted octanol–water partition coefficient (Wildman–Crippen LogP) is 26.2. The largest absolute Gasteiger partial charge is 2.00 e. The first kappa shape index (κ1) is 104. The summed E-state index contributed by atoms with van der Waals surface area (Å²) in [5.74, 6) is 0. The van der Waals surface area contributed by atoms with E-state index in [-0.39, 0.29) is 34.1 Å². The van der Waals surface area contributed by atoms with Gasteiger partial charge in [-0.2, -0.15) is 0 Å². The number of aromatic nitrogens is 12. The van der Waals surface area contributed by atoms with E-state index in [9.17, 15) is 69.1 Å². The van der Waals surface area contributed by atoms with Gasteiger partial charge in [-0.05, 0) is 301 Å². The summed E-state index contributed by atoms with van der Waals surface area (Å²) in [6.07, 6.45) is 0. The van der Waals surface area contributed by atoms with Crippen molar-refractivity contribution in [3.05, 3.63) is 255 Å². The average molecular weight is 2170 g/mol. The van der Waals surface area contributed by atoms with Gasteiger partial charge in [0.1, 0.15) is 36.8 Å². The van der Waals surface area contributed by atoms with Crippen molar-refractivity contribution in [3.8, 4) is 91.1 Å². The summed E-state index contributed by atoms with van der Waals surface area (Å²) in [7, 11) is -24.0. The van der Waals surface area contributed by atoms with E-state index in [1.54, 1.807) is 0 Å². The van der Waals surface area contributed by atoms with Gasteiger partial charge in [0.25, 0.3) is 0 Å². The van der Waals surface area contributed by atoms with Crippen LogP contribution in [0.15, 0.2) is 255 Å². The molecule has 12 heterocycles. The molecule has 0 spiro atoms. The fraction of sp³-hybridized carbons (Fsp3) is 0.118. The smallest absolute Gasteiger partial charge is 0.418 e. The molecule has 12 aromatic rings. The minimum Gasteiger partial charge on any atom is -0.418 e. The van der Waals surface area contributed by atoms with Gasteiger partial charge < -0.3 is 78.5 Å². The Labute approximate surface area is 722 Å². The van der Waals surface area contributed by atoms with E-state index < -0.39 is 29.0 Å². The zero-order valence-corrected chi connectivity index (χ0v) is 72.8. The van der Waals surface area contributed by atoms with E-state index in [0.717, 1.165) is 154 Å². The molecule has 12 rings (SSSR count). The third-order valence-corrected chi connectivity index (χ3v) is 15.2. The molecule has 596 valence electrons. The molecule has 12 aromatic heterocycles. The molecule has 0 saturated heterocycles. The maximum Gasteiger partial charge on any atom is 2.00 e. The Balaban J connectivity index is 0.000000661. The van der Waals surface area contributed by atoms with Gasteiger partial charge in [0.2, 0.25) is 0 Å². The Morgan fingerprint density at radius 1 is 0.188 bits per heavy atom. The molecule has 0 amide bonds. The normalized spacial score (nSPS) is 10.4. The second kappa shape index (κ2) is 54.6. The fourth-order valence-electron chi connectivity index (χ4n) is 7.70. The monoisotopic (exact) mass is 2160 g/mol. The Morgan fingerprint density at radius 3 is 0.339 bits per heavy atom. The van der Waals surface area contributed by atoms with Gasteiger partial charge in [-0.25, -0.2) is 59.8 Å². The Bertz CT molecular complexity index is 3890. The molecule has 44 heteroatoms. The second-order valence-electron chi connectivity index (χ2n) is 19.9. The molecule has 0 aliphatic carbocycles. The van der Waals surface area contributed by atoms with E-state index in [2.05, 4.69) is 187 Å². The minimum atomic E-state index is -6.00. The van der Waals surface area contributed by atoms with E-state index in [0.29, 0.717) is 0 Å². The van der Waals surface area contributed by atoms with Crippen LogP contribution in [-0.4, -0.2) is 115 Å². The number of halogens is 24. The molecule has 14 nitrogen and oxygen atoms in total. The summed E-state index contributed by atoms with van der Waals surface area (Å²) < 4.78 is 172. The Morgan fingerprint density at radius 2 is 0.268 bits per heavy atom. The van der Waals surface area contributed by atoms with Crippen molar-refractivity contribution in [3.63, 3.8) is 0 Å². The quantitative estimate of drug-likeness (QED) is 0.0642. The number of hydrogen-bond acceptors (Lipinski definition) is 14. The number of ether oxygens (including phenoxy) is 2. The SMILES string of the molecule is Brc1cccc(-c2cccc(-c3cccc(Br)n3)n2)n1.Brc1cccc(-c2cccc(-c3cccc(Br)n3)n2)n1.Brc1cccc(-c2cccc(-c3cccc(Br)n3)n2)n1.Brc1cccc(-c2cccc(-c3cccc(Br)n3)n2)n1.CCOCC.CCOCC.F[B-](F)(F)F.F[B-](F)(F)F.F[B-](F)(F)F.F[B-](F)(F)F.[Fe+2].[Fe+2]. The molecule has 0 bridgehead atoms. The summed E-state index contributed by atoms with van der Waals surface area (Å²) >= 11 is 27.0. The van der Waals surface area contributed by atoms with Crippen molar-refractivity contribution in [1.82, 2.24) is 59.8 Å². The molecule has 0 aromatic carbocycles. The molecule has 0 atom stereocenters. The molecular weight excluding hydrogens is 2110 g/mol. The van der Waals surface area contributed by atoms with Gasteiger partial charge >= 0.3 is 63.2 Å². The first-order valence-electron chi connectivity index (χ1n) is 31.3. The maximum absolute atomic E-state index is 9.75. The van der Waals surface area contributed by atoms with Gasteiger partial charge in [-0.1, -0.05) is 72.8 Å². The summed E-state index contributed by atoms with van der Waals surface area (Å²) in [5.41, 5.74) is 13.2. The van der Waals surface area contributed by atoms with Crippen molar-refractivity contribution in [2.75, 3.05) is 26.4 Å². The summed E-state index contributed by atoms with van der Waals surface area (Å²) in [5, 5.41) is 0. The maximum atomic E-state index is 9.75. The van der Waals surface area contributed by atoms with Gasteiger partial charge in [0.15, 0.2) is 0 Å². The van der Waals surface area contributed by atoms with Crippen LogP contribution in [0.3, 0.4) is 0 Å². The van der Waals surface area contributed by atoms with E-state index in [4.69, 9.17) is 9.47 Å². The summed E-state index contributed by atoms with van der Waals surface area (Å²) in [4.78, 5) is 53.9.